The third-order valence-electron chi connectivity index (χ3n) is 6.38. The number of halogens is 1. The van der Waals surface area contributed by atoms with Crippen molar-refractivity contribution in [2.45, 2.75) is 0 Å². The fourth-order valence-electron chi connectivity index (χ4n) is 4.85. The van der Waals surface area contributed by atoms with Crippen molar-refractivity contribution in [1.82, 2.24) is 4.57 Å². The average molecular weight is 475 g/mol. The molecule has 0 atom stereocenters. The van der Waals surface area contributed by atoms with Crippen molar-refractivity contribution in [2.75, 3.05) is 5.73 Å². The summed E-state index contributed by atoms with van der Waals surface area (Å²) in [5.41, 5.74) is 12.1. The Morgan fingerprint density at radius 1 is 0.571 bits per heavy atom. The smallest absolute Gasteiger partial charge is 0.196 e. The fourth-order valence-corrected chi connectivity index (χ4v) is 4.97. The molecule has 5 aromatic rings. The number of aromatic nitrogens is 1. The van der Waals surface area contributed by atoms with Crippen molar-refractivity contribution in [3.8, 4) is 28.2 Å². The van der Waals surface area contributed by atoms with Gasteiger partial charge in [0.25, 0.3) is 0 Å². The van der Waals surface area contributed by atoms with Gasteiger partial charge < -0.3 is 10.3 Å². The summed E-state index contributed by atoms with van der Waals surface area (Å²) in [7, 11) is 0. The summed E-state index contributed by atoms with van der Waals surface area (Å²) < 4.78 is 1.94. The van der Waals surface area contributed by atoms with Gasteiger partial charge in [0.1, 0.15) is 0 Å². The van der Waals surface area contributed by atoms with Crippen LogP contribution in [-0.2, 0) is 0 Å². The molecule has 0 aliphatic heterocycles. The Bertz CT molecular complexity index is 1630. The molecule has 0 bridgehead atoms. The maximum Gasteiger partial charge on any atom is 0.196 e. The van der Waals surface area contributed by atoms with Crippen LogP contribution in [0.5, 0.6) is 0 Å². The largest absolute Gasteiger partial charge is 0.397 e. The first-order valence-electron chi connectivity index (χ1n) is 11.2. The Morgan fingerprint density at radius 3 is 1.63 bits per heavy atom. The van der Waals surface area contributed by atoms with E-state index in [1.807, 2.05) is 71.3 Å². The molecule has 1 aliphatic carbocycles. The van der Waals surface area contributed by atoms with Gasteiger partial charge in [0, 0.05) is 16.1 Å². The van der Waals surface area contributed by atoms with Crippen molar-refractivity contribution >= 4 is 28.9 Å². The Morgan fingerprint density at radius 2 is 1.06 bits per heavy atom. The molecular weight excluding hydrogens is 456 g/mol. The molecule has 168 valence electrons. The highest BCUT2D eigenvalue weighted by Gasteiger charge is 2.39. The number of nitrogens with two attached hydrogens (primary N) is 1. The Hall–Kier alpha value is -4.41. The van der Waals surface area contributed by atoms with Crippen LogP contribution in [0, 0.1) is 0 Å². The lowest BCUT2D eigenvalue weighted by Crippen LogP contribution is -2.20. The maximum atomic E-state index is 14.0. The number of fused-ring (bicyclic) bond motifs is 2. The second kappa shape index (κ2) is 8.12. The molecule has 35 heavy (non-hydrogen) atoms. The average Bonchev–Trinajstić information content (AvgIpc) is 3.25. The topological polar surface area (TPSA) is 65.1 Å². The number of carbonyl (C=O) groups excluding carboxylic acids is 2. The quantitative estimate of drug-likeness (QED) is 0.286. The molecule has 6 rings (SSSR count). The van der Waals surface area contributed by atoms with Crippen LogP contribution in [0.2, 0.25) is 5.02 Å². The summed E-state index contributed by atoms with van der Waals surface area (Å²) >= 11 is 6.20. The van der Waals surface area contributed by atoms with Gasteiger partial charge in [0.15, 0.2) is 11.6 Å². The molecule has 2 N–H and O–H groups in total. The molecule has 0 fully saturated rings. The minimum atomic E-state index is -0.189. The number of benzene rings is 4. The van der Waals surface area contributed by atoms with Gasteiger partial charge in [0.05, 0.1) is 33.9 Å². The number of ketones is 2. The number of para-hydroxylation sites is 2. The third-order valence-corrected chi connectivity index (χ3v) is 6.64. The zero-order valence-corrected chi connectivity index (χ0v) is 19.3. The van der Waals surface area contributed by atoms with E-state index in [-0.39, 0.29) is 11.6 Å². The van der Waals surface area contributed by atoms with Crippen LogP contribution in [0.1, 0.15) is 31.8 Å². The molecule has 1 aliphatic rings. The van der Waals surface area contributed by atoms with Gasteiger partial charge >= 0.3 is 0 Å². The van der Waals surface area contributed by atoms with E-state index < -0.39 is 0 Å². The zero-order valence-electron chi connectivity index (χ0n) is 18.5. The van der Waals surface area contributed by atoms with Gasteiger partial charge in [-0.1, -0.05) is 90.5 Å². The highest BCUT2D eigenvalue weighted by Crippen LogP contribution is 2.45. The summed E-state index contributed by atoms with van der Waals surface area (Å²) in [5.74, 6) is -0.372. The predicted octanol–water partition coefficient (Wildman–Crippen LogP) is 6.82. The minimum Gasteiger partial charge on any atom is -0.397 e. The van der Waals surface area contributed by atoms with Crippen LogP contribution in [0.3, 0.4) is 0 Å². The first-order chi connectivity index (χ1) is 17.1. The van der Waals surface area contributed by atoms with Crippen LogP contribution < -0.4 is 5.73 Å². The molecule has 0 amide bonds. The van der Waals surface area contributed by atoms with Crippen LogP contribution in [0.4, 0.5) is 5.69 Å². The van der Waals surface area contributed by atoms with E-state index in [9.17, 15) is 9.59 Å². The maximum absolute atomic E-state index is 14.0. The standard InChI is InChI=1S/C30H19ClN2O2/c31-20-16-14-19(15-17-20)28-26-25(29(34)21-10-4-5-11-22(21)30(26)35)27(18-8-2-1-3-9-18)33(28)24-13-7-6-12-23(24)32/h1-17H,32H2. The van der Waals surface area contributed by atoms with Crippen molar-refractivity contribution in [3.63, 3.8) is 0 Å². The van der Waals surface area contributed by atoms with Gasteiger partial charge in [-0.05, 0) is 35.4 Å². The second-order valence-corrected chi connectivity index (χ2v) is 8.85. The fraction of sp³-hybridized carbons (Fsp3) is 0. The summed E-state index contributed by atoms with van der Waals surface area (Å²) in [5, 5.41) is 0.580. The van der Waals surface area contributed by atoms with E-state index >= 15 is 0 Å². The predicted molar refractivity (Wildman–Crippen MR) is 139 cm³/mol. The van der Waals surface area contributed by atoms with Crippen LogP contribution in [0.15, 0.2) is 103 Å². The van der Waals surface area contributed by atoms with Gasteiger partial charge in [-0.2, -0.15) is 0 Å². The summed E-state index contributed by atoms with van der Waals surface area (Å²) in [6.45, 7) is 0. The summed E-state index contributed by atoms with van der Waals surface area (Å²) in [6.07, 6.45) is 0. The van der Waals surface area contributed by atoms with Crippen LogP contribution in [0.25, 0.3) is 28.2 Å². The van der Waals surface area contributed by atoms with E-state index in [1.54, 1.807) is 36.4 Å². The molecule has 0 spiro atoms. The SMILES string of the molecule is Nc1ccccc1-n1c(-c2ccccc2)c2c(c1-c1ccc(Cl)cc1)C(=O)c1ccccc1C2=O. The number of hydrogen-bond donors (Lipinski definition) is 1. The van der Waals surface area contributed by atoms with Crippen molar-refractivity contribution < 1.29 is 9.59 Å². The van der Waals surface area contributed by atoms with E-state index in [4.69, 9.17) is 17.3 Å². The molecule has 0 saturated heterocycles. The van der Waals surface area contributed by atoms with Crippen LogP contribution >= 0.6 is 11.6 Å². The Labute approximate surface area is 207 Å². The number of nitrogen functional groups attached to an aromatic ring is 1. The summed E-state index contributed by atoms with van der Waals surface area (Å²) in [4.78, 5) is 28.0. The van der Waals surface area contributed by atoms with E-state index in [0.29, 0.717) is 50.0 Å². The monoisotopic (exact) mass is 474 g/mol. The zero-order chi connectivity index (χ0) is 24.1. The molecular formula is C30H19ClN2O2. The lowest BCUT2D eigenvalue weighted by molar-refractivity contribution is 0.0981. The number of anilines is 1. The first-order valence-corrected chi connectivity index (χ1v) is 11.6. The normalized spacial score (nSPS) is 12.4. The first kappa shape index (κ1) is 21.1. The van der Waals surface area contributed by atoms with E-state index in [2.05, 4.69) is 0 Å². The summed E-state index contributed by atoms with van der Waals surface area (Å²) in [6, 6.07) is 31.4. The lowest BCUT2D eigenvalue weighted by Gasteiger charge is -2.17. The van der Waals surface area contributed by atoms with Crippen molar-refractivity contribution in [2.24, 2.45) is 0 Å². The number of rotatable bonds is 3. The minimum absolute atomic E-state index is 0.183. The number of hydrogen-bond acceptors (Lipinski definition) is 3. The Balaban J connectivity index is 1.83. The molecule has 5 heteroatoms. The van der Waals surface area contributed by atoms with Gasteiger partial charge in [-0.3, -0.25) is 9.59 Å². The Kier molecular flexibility index (Phi) is 4.90. The third kappa shape index (κ3) is 3.22. The number of nitrogens with zero attached hydrogens (tertiary/aromatic N) is 1. The molecule has 0 radical (unpaired) electrons. The van der Waals surface area contributed by atoms with Gasteiger partial charge in [-0.15, -0.1) is 0 Å². The molecule has 0 unspecified atom stereocenters. The van der Waals surface area contributed by atoms with Crippen LogP contribution in [-0.4, -0.2) is 16.1 Å². The highest BCUT2D eigenvalue weighted by atomic mass is 35.5. The molecule has 4 aromatic carbocycles. The molecule has 1 heterocycles. The van der Waals surface area contributed by atoms with Gasteiger partial charge in [-0.25, -0.2) is 0 Å². The second-order valence-electron chi connectivity index (χ2n) is 8.42. The van der Waals surface area contributed by atoms with E-state index in [0.717, 1.165) is 11.1 Å². The lowest BCUT2D eigenvalue weighted by atomic mass is 9.83. The molecule has 1 aromatic heterocycles. The highest BCUT2D eigenvalue weighted by molar-refractivity contribution is 6.33. The van der Waals surface area contributed by atoms with Crippen molar-refractivity contribution in [1.29, 1.82) is 0 Å². The van der Waals surface area contributed by atoms with E-state index in [1.165, 1.54) is 0 Å². The van der Waals surface area contributed by atoms with Crippen molar-refractivity contribution in [3.05, 3.63) is 130 Å². The number of carbonyl (C=O) groups is 2. The van der Waals surface area contributed by atoms with Gasteiger partial charge in [0.2, 0.25) is 0 Å². The molecule has 4 nitrogen and oxygen atoms in total. The molecule has 0 saturated carbocycles.